The van der Waals surface area contributed by atoms with E-state index < -0.39 is 12.0 Å². The summed E-state index contributed by atoms with van der Waals surface area (Å²) in [5.74, 6) is -0.968. The van der Waals surface area contributed by atoms with Crippen LogP contribution in [0.25, 0.3) is 21.8 Å². The smallest absolute Gasteiger partial charge is 0.320 e. The third-order valence-corrected chi connectivity index (χ3v) is 4.06. The van der Waals surface area contributed by atoms with Gasteiger partial charge in [-0.1, -0.05) is 24.3 Å². The highest BCUT2D eigenvalue weighted by Crippen LogP contribution is 2.32. The minimum atomic E-state index is -0.968. The number of aromatic nitrogens is 1. The molecule has 3 aromatic rings. The van der Waals surface area contributed by atoms with Gasteiger partial charge in [-0.15, -0.1) is 0 Å². The molecule has 2 aromatic carbocycles. The van der Waals surface area contributed by atoms with Crippen LogP contribution in [0.4, 0.5) is 0 Å². The molecule has 0 fully saturated rings. The largest absolute Gasteiger partial charge is 0.480 e. The van der Waals surface area contributed by atoms with E-state index >= 15 is 0 Å². The zero-order valence-corrected chi connectivity index (χ0v) is 12.8. The minimum absolute atomic E-state index is 0.340. The summed E-state index contributed by atoms with van der Waals surface area (Å²) in [6.07, 6.45) is 0.340. The lowest BCUT2D eigenvalue weighted by atomic mass is 10.0. The van der Waals surface area contributed by atoms with E-state index in [9.17, 15) is 4.79 Å². The number of benzene rings is 2. The SMILES string of the molecule is CC(C)n1c2ccccc2c2cc(CC(N)C(=O)O)ccc21. The van der Waals surface area contributed by atoms with Crippen molar-refractivity contribution in [1.82, 2.24) is 4.57 Å². The van der Waals surface area contributed by atoms with Gasteiger partial charge in [0.25, 0.3) is 0 Å². The summed E-state index contributed by atoms with van der Waals surface area (Å²) in [6, 6.07) is 13.9. The molecule has 0 spiro atoms. The number of para-hydroxylation sites is 1. The van der Waals surface area contributed by atoms with Gasteiger partial charge in [-0.2, -0.15) is 0 Å². The Balaban J connectivity index is 2.20. The molecule has 0 aliphatic rings. The van der Waals surface area contributed by atoms with Crippen LogP contribution in [-0.2, 0) is 11.2 Å². The van der Waals surface area contributed by atoms with Crippen molar-refractivity contribution in [3.8, 4) is 0 Å². The van der Waals surface area contributed by atoms with Crippen molar-refractivity contribution in [2.75, 3.05) is 0 Å². The third kappa shape index (κ3) is 2.35. The van der Waals surface area contributed by atoms with E-state index in [-0.39, 0.29) is 0 Å². The van der Waals surface area contributed by atoms with Crippen LogP contribution >= 0.6 is 0 Å². The number of aliphatic carboxylic acids is 1. The van der Waals surface area contributed by atoms with E-state index in [1.54, 1.807) is 0 Å². The lowest BCUT2D eigenvalue weighted by Gasteiger charge is -2.12. The Hall–Kier alpha value is -2.33. The van der Waals surface area contributed by atoms with Crippen LogP contribution in [0, 0.1) is 0 Å². The zero-order chi connectivity index (χ0) is 15.9. The predicted octanol–water partition coefficient (Wildman–Crippen LogP) is 3.33. The van der Waals surface area contributed by atoms with Crippen molar-refractivity contribution in [1.29, 1.82) is 0 Å². The van der Waals surface area contributed by atoms with Crippen LogP contribution in [-0.4, -0.2) is 21.7 Å². The number of nitrogens with zero attached hydrogens (tertiary/aromatic N) is 1. The van der Waals surface area contributed by atoms with Gasteiger partial charge in [0.2, 0.25) is 0 Å². The number of fused-ring (bicyclic) bond motifs is 3. The first kappa shape index (κ1) is 14.6. The number of rotatable bonds is 4. The van der Waals surface area contributed by atoms with Crippen LogP contribution in [0.2, 0.25) is 0 Å². The number of nitrogens with two attached hydrogens (primary N) is 1. The molecule has 114 valence electrons. The molecule has 0 saturated carbocycles. The molecule has 0 aliphatic heterocycles. The fourth-order valence-electron chi connectivity index (χ4n) is 3.07. The van der Waals surface area contributed by atoms with Crippen LogP contribution in [0.15, 0.2) is 42.5 Å². The average Bonchev–Trinajstić information content (AvgIpc) is 2.81. The number of carboxylic acids is 1. The van der Waals surface area contributed by atoms with Gasteiger partial charge < -0.3 is 15.4 Å². The summed E-state index contributed by atoms with van der Waals surface area (Å²) in [4.78, 5) is 10.9. The Labute approximate surface area is 129 Å². The van der Waals surface area contributed by atoms with Crippen LogP contribution < -0.4 is 5.73 Å². The van der Waals surface area contributed by atoms with Crippen LogP contribution in [0.1, 0.15) is 25.5 Å². The molecule has 1 heterocycles. The van der Waals surface area contributed by atoms with Crippen molar-refractivity contribution >= 4 is 27.8 Å². The molecule has 3 rings (SSSR count). The second-order valence-electron chi connectivity index (χ2n) is 5.98. The van der Waals surface area contributed by atoms with E-state index in [0.29, 0.717) is 12.5 Å². The van der Waals surface area contributed by atoms with Gasteiger partial charge in [-0.05, 0) is 44.0 Å². The Bertz CT molecular complexity index is 849. The van der Waals surface area contributed by atoms with Gasteiger partial charge in [0, 0.05) is 27.8 Å². The Morgan fingerprint density at radius 1 is 1.14 bits per heavy atom. The lowest BCUT2D eigenvalue weighted by molar-refractivity contribution is -0.138. The van der Waals surface area contributed by atoms with Crippen molar-refractivity contribution in [2.24, 2.45) is 5.73 Å². The summed E-state index contributed by atoms with van der Waals surface area (Å²) in [6.45, 7) is 4.33. The van der Waals surface area contributed by atoms with E-state index in [1.165, 1.54) is 16.4 Å². The van der Waals surface area contributed by atoms with E-state index in [4.69, 9.17) is 10.8 Å². The molecular formula is C18H20N2O2. The average molecular weight is 296 g/mol. The molecule has 22 heavy (non-hydrogen) atoms. The molecule has 4 nitrogen and oxygen atoms in total. The lowest BCUT2D eigenvalue weighted by Crippen LogP contribution is -2.32. The van der Waals surface area contributed by atoms with Crippen molar-refractivity contribution in [3.63, 3.8) is 0 Å². The maximum atomic E-state index is 10.9. The van der Waals surface area contributed by atoms with Crippen molar-refractivity contribution in [2.45, 2.75) is 32.4 Å². The Morgan fingerprint density at radius 3 is 2.50 bits per heavy atom. The Kier molecular flexibility index (Phi) is 3.62. The molecule has 1 aromatic heterocycles. The number of hydrogen-bond acceptors (Lipinski definition) is 2. The highest BCUT2D eigenvalue weighted by molar-refractivity contribution is 6.08. The summed E-state index contributed by atoms with van der Waals surface area (Å²) in [5, 5.41) is 11.3. The third-order valence-electron chi connectivity index (χ3n) is 4.06. The summed E-state index contributed by atoms with van der Waals surface area (Å²) < 4.78 is 2.31. The number of carbonyl (C=O) groups is 1. The van der Waals surface area contributed by atoms with Crippen molar-refractivity contribution < 1.29 is 9.90 Å². The topological polar surface area (TPSA) is 68.2 Å². The van der Waals surface area contributed by atoms with Gasteiger partial charge in [-0.25, -0.2) is 0 Å². The van der Waals surface area contributed by atoms with Gasteiger partial charge in [0.15, 0.2) is 0 Å². The summed E-state index contributed by atoms with van der Waals surface area (Å²) >= 11 is 0. The summed E-state index contributed by atoms with van der Waals surface area (Å²) in [7, 11) is 0. The molecule has 0 bridgehead atoms. The number of carboxylic acid groups (broad SMARTS) is 1. The highest BCUT2D eigenvalue weighted by atomic mass is 16.4. The molecule has 0 saturated heterocycles. The quantitative estimate of drug-likeness (QED) is 0.776. The monoisotopic (exact) mass is 296 g/mol. The Morgan fingerprint density at radius 2 is 1.82 bits per heavy atom. The molecule has 3 N–H and O–H groups in total. The van der Waals surface area contributed by atoms with Crippen molar-refractivity contribution in [3.05, 3.63) is 48.0 Å². The second kappa shape index (κ2) is 5.46. The molecular weight excluding hydrogens is 276 g/mol. The fourth-order valence-corrected chi connectivity index (χ4v) is 3.07. The number of hydrogen-bond donors (Lipinski definition) is 2. The first-order chi connectivity index (χ1) is 10.5. The molecule has 1 unspecified atom stereocenters. The maximum Gasteiger partial charge on any atom is 0.320 e. The molecule has 0 aliphatic carbocycles. The molecule has 1 atom stereocenters. The summed E-state index contributed by atoms with van der Waals surface area (Å²) in [5.41, 5.74) is 8.98. The van der Waals surface area contributed by atoms with E-state index in [2.05, 4.69) is 42.7 Å². The van der Waals surface area contributed by atoms with Gasteiger partial charge in [-0.3, -0.25) is 4.79 Å². The van der Waals surface area contributed by atoms with E-state index in [1.807, 2.05) is 18.2 Å². The minimum Gasteiger partial charge on any atom is -0.480 e. The second-order valence-corrected chi connectivity index (χ2v) is 5.98. The molecule has 0 amide bonds. The van der Waals surface area contributed by atoms with Gasteiger partial charge in [0.05, 0.1) is 0 Å². The fraction of sp³-hybridized carbons (Fsp3) is 0.278. The first-order valence-corrected chi connectivity index (χ1v) is 7.49. The maximum absolute atomic E-state index is 10.9. The molecule has 4 heteroatoms. The van der Waals surface area contributed by atoms with Crippen LogP contribution in [0.3, 0.4) is 0 Å². The van der Waals surface area contributed by atoms with Crippen LogP contribution in [0.5, 0.6) is 0 Å². The van der Waals surface area contributed by atoms with Gasteiger partial charge >= 0.3 is 5.97 Å². The van der Waals surface area contributed by atoms with E-state index in [0.717, 1.165) is 10.9 Å². The predicted molar refractivity (Wildman–Crippen MR) is 89.1 cm³/mol. The zero-order valence-electron chi connectivity index (χ0n) is 12.8. The van der Waals surface area contributed by atoms with Gasteiger partial charge in [0.1, 0.15) is 6.04 Å². The highest BCUT2D eigenvalue weighted by Gasteiger charge is 2.15. The molecule has 0 radical (unpaired) electrons. The normalized spacial score (nSPS) is 13.1. The standard InChI is InChI=1S/C18H20N2O2/c1-11(2)20-16-6-4-3-5-13(16)14-9-12(7-8-17(14)20)10-15(19)18(21)22/h3-9,11,15H,10,19H2,1-2H3,(H,21,22). The first-order valence-electron chi connectivity index (χ1n) is 7.49.